The highest BCUT2D eigenvalue weighted by molar-refractivity contribution is 7.10. The summed E-state index contributed by atoms with van der Waals surface area (Å²) in [7, 11) is 1.67. The number of aromatic nitrogens is 1. The van der Waals surface area contributed by atoms with Crippen molar-refractivity contribution in [2.45, 2.75) is 33.4 Å². The fourth-order valence-electron chi connectivity index (χ4n) is 2.73. The molecule has 2 aromatic rings. The number of amides is 1. The molecular weight excluding hydrogens is 338 g/mol. The van der Waals surface area contributed by atoms with E-state index in [-0.39, 0.29) is 12.5 Å². The third kappa shape index (κ3) is 4.19. The van der Waals surface area contributed by atoms with Crippen LogP contribution in [0.1, 0.15) is 27.8 Å². The van der Waals surface area contributed by atoms with Crippen molar-refractivity contribution in [3.8, 4) is 0 Å². The molecule has 3 rings (SSSR count). The van der Waals surface area contributed by atoms with E-state index < -0.39 is 0 Å². The predicted molar refractivity (Wildman–Crippen MR) is 97.6 cm³/mol. The Labute approximate surface area is 151 Å². The highest BCUT2D eigenvalue weighted by atomic mass is 32.1. The third-order valence-electron chi connectivity index (χ3n) is 4.27. The standard InChI is InChI=1S/C17H23N5O2S/c1-11-12(2)24-15(21-11)8-19-17(18-3)20-9-16(23)22-6-4-14-13(10-22)5-7-25-14/h5,7H,4,6,8-10H2,1-3H3,(H2,18,19,20). The number of aliphatic imine (C=N–C) groups is 1. The summed E-state index contributed by atoms with van der Waals surface area (Å²) in [5.41, 5.74) is 2.15. The number of carbonyl (C=O) groups excluding carboxylic acids is 1. The summed E-state index contributed by atoms with van der Waals surface area (Å²) in [6, 6.07) is 2.10. The minimum absolute atomic E-state index is 0.0719. The number of nitrogens with zero attached hydrogens (tertiary/aromatic N) is 3. The molecule has 0 atom stereocenters. The normalized spacial score (nSPS) is 14.4. The van der Waals surface area contributed by atoms with Crippen molar-refractivity contribution in [3.05, 3.63) is 39.2 Å². The number of aryl methyl sites for hydroxylation is 2. The van der Waals surface area contributed by atoms with Crippen LogP contribution in [-0.2, 0) is 24.3 Å². The van der Waals surface area contributed by atoms with Crippen LogP contribution in [0.5, 0.6) is 0 Å². The van der Waals surface area contributed by atoms with E-state index in [1.54, 1.807) is 18.4 Å². The molecule has 2 aromatic heterocycles. The molecule has 7 nitrogen and oxygen atoms in total. The number of thiophene rings is 1. The lowest BCUT2D eigenvalue weighted by molar-refractivity contribution is -0.130. The Balaban J connectivity index is 1.47. The van der Waals surface area contributed by atoms with E-state index in [2.05, 4.69) is 32.1 Å². The SMILES string of the molecule is CN=C(NCC(=O)N1CCc2sccc2C1)NCc1nc(C)c(C)o1. The van der Waals surface area contributed by atoms with E-state index in [1.807, 2.05) is 18.7 Å². The summed E-state index contributed by atoms with van der Waals surface area (Å²) in [6.07, 6.45) is 0.939. The van der Waals surface area contributed by atoms with Crippen LogP contribution in [0.15, 0.2) is 20.9 Å². The number of rotatable bonds is 4. The summed E-state index contributed by atoms with van der Waals surface area (Å²) in [4.78, 5) is 24.2. The number of carbonyl (C=O) groups is 1. The minimum Gasteiger partial charge on any atom is -0.444 e. The number of fused-ring (bicyclic) bond motifs is 1. The Hall–Kier alpha value is -2.35. The van der Waals surface area contributed by atoms with Gasteiger partial charge in [-0.3, -0.25) is 9.79 Å². The smallest absolute Gasteiger partial charge is 0.242 e. The van der Waals surface area contributed by atoms with Crippen LogP contribution >= 0.6 is 11.3 Å². The topological polar surface area (TPSA) is 82.8 Å². The van der Waals surface area contributed by atoms with Crippen molar-refractivity contribution in [1.29, 1.82) is 0 Å². The maximum absolute atomic E-state index is 12.4. The summed E-state index contributed by atoms with van der Waals surface area (Å²) < 4.78 is 5.53. The van der Waals surface area contributed by atoms with Crippen LogP contribution in [0.3, 0.4) is 0 Å². The highest BCUT2D eigenvalue weighted by Gasteiger charge is 2.21. The Kier molecular flexibility index (Phi) is 5.37. The van der Waals surface area contributed by atoms with Gasteiger partial charge in [0.15, 0.2) is 5.96 Å². The second-order valence-electron chi connectivity index (χ2n) is 5.96. The van der Waals surface area contributed by atoms with Gasteiger partial charge < -0.3 is 20.0 Å². The van der Waals surface area contributed by atoms with Gasteiger partial charge in [-0.1, -0.05) is 0 Å². The molecule has 0 aromatic carbocycles. The van der Waals surface area contributed by atoms with E-state index >= 15 is 0 Å². The molecule has 134 valence electrons. The van der Waals surface area contributed by atoms with E-state index in [9.17, 15) is 4.79 Å². The van der Waals surface area contributed by atoms with Gasteiger partial charge in [-0.15, -0.1) is 11.3 Å². The molecule has 0 unspecified atom stereocenters. The zero-order valence-corrected chi connectivity index (χ0v) is 15.6. The van der Waals surface area contributed by atoms with Gasteiger partial charge in [-0.2, -0.15) is 0 Å². The third-order valence-corrected chi connectivity index (χ3v) is 5.29. The largest absolute Gasteiger partial charge is 0.444 e. The molecule has 25 heavy (non-hydrogen) atoms. The Morgan fingerprint density at radius 2 is 2.28 bits per heavy atom. The van der Waals surface area contributed by atoms with Crippen molar-refractivity contribution in [1.82, 2.24) is 20.5 Å². The molecule has 0 saturated carbocycles. The monoisotopic (exact) mass is 361 g/mol. The molecule has 0 bridgehead atoms. The van der Waals surface area contributed by atoms with E-state index in [0.29, 0.717) is 24.9 Å². The number of oxazole rings is 1. The predicted octanol–water partition coefficient (Wildman–Crippen LogP) is 1.60. The maximum atomic E-state index is 12.4. The second-order valence-corrected chi connectivity index (χ2v) is 6.96. The number of nitrogens with one attached hydrogen (secondary N) is 2. The molecule has 0 radical (unpaired) electrons. The van der Waals surface area contributed by atoms with Crippen molar-refractivity contribution in [2.75, 3.05) is 20.1 Å². The van der Waals surface area contributed by atoms with Crippen molar-refractivity contribution < 1.29 is 9.21 Å². The van der Waals surface area contributed by atoms with E-state index in [1.165, 1.54) is 10.4 Å². The fraction of sp³-hybridized carbons (Fsp3) is 0.471. The van der Waals surface area contributed by atoms with Crippen LogP contribution in [0, 0.1) is 13.8 Å². The zero-order chi connectivity index (χ0) is 17.8. The van der Waals surface area contributed by atoms with E-state index in [0.717, 1.165) is 24.4 Å². The number of guanidine groups is 1. The molecule has 1 amide bonds. The minimum atomic E-state index is 0.0719. The number of hydrogen-bond acceptors (Lipinski definition) is 5. The Bertz CT molecular complexity index is 760. The summed E-state index contributed by atoms with van der Waals surface area (Å²) in [6.45, 7) is 5.89. The summed E-state index contributed by atoms with van der Waals surface area (Å²) in [5, 5.41) is 8.26. The van der Waals surface area contributed by atoms with Gasteiger partial charge in [-0.25, -0.2) is 4.98 Å². The van der Waals surface area contributed by atoms with Crippen molar-refractivity contribution in [3.63, 3.8) is 0 Å². The average Bonchev–Trinajstić information content (AvgIpc) is 3.20. The van der Waals surface area contributed by atoms with E-state index in [4.69, 9.17) is 4.42 Å². The van der Waals surface area contributed by atoms with Crippen molar-refractivity contribution in [2.24, 2.45) is 4.99 Å². The Morgan fingerprint density at radius 1 is 1.44 bits per heavy atom. The van der Waals surface area contributed by atoms with Gasteiger partial charge in [0.2, 0.25) is 11.8 Å². The Morgan fingerprint density at radius 3 is 3.00 bits per heavy atom. The fourth-order valence-corrected chi connectivity index (χ4v) is 3.62. The molecule has 1 aliphatic rings. The molecular formula is C17H23N5O2S. The van der Waals surface area contributed by atoms with Gasteiger partial charge >= 0.3 is 0 Å². The first kappa shape index (κ1) is 17.5. The molecule has 8 heteroatoms. The lowest BCUT2D eigenvalue weighted by atomic mass is 10.1. The highest BCUT2D eigenvalue weighted by Crippen LogP contribution is 2.23. The first-order valence-electron chi connectivity index (χ1n) is 8.27. The first-order chi connectivity index (χ1) is 12.1. The lowest BCUT2D eigenvalue weighted by Crippen LogP contribution is -2.45. The quantitative estimate of drug-likeness (QED) is 0.638. The maximum Gasteiger partial charge on any atom is 0.242 e. The first-order valence-corrected chi connectivity index (χ1v) is 9.15. The lowest BCUT2D eigenvalue weighted by Gasteiger charge is -2.27. The van der Waals surface area contributed by atoms with Gasteiger partial charge in [-0.05, 0) is 37.3 Å². The molecule has 0 saturated heterocycles. The molecule has 1 aliphatic heterocycles. The molecule has 0 aliphatic carbocycles. The van der Waals surface area contributed by atoms with Gasteiger partial charge in [0.1, 0.15) is 5.76 Å². The van der Waals surface area contributed by atoms with Gasteiger partial charge in [0, 0.05) is 25.0 Å². The van der Waals surface area contributed by atoms with Crippen LogP contribution in [-0.4, -0.2) is 41.9 Å². The molecule has 0 spiro atoms. The van der Waals surface area contributed by atoms with Crippen LogP contribution in [0.25, 0.3) is 0 Å². The van der Waals surface area contributed by atoms with Crippen molar-refractivity contribution >= 4 is 23.2 Å². The van der Waals surface area contributed by atoms with Crippen LogP contribution in [0.2, 0.25) is 0 Å². The summed E-state index contributed by atoms with van der Waals surface area (Å²) in [5.74, 6) is 2.04. The van der Waals surface area contributed by atoms with Gasteiger partial charge in [0.05, 0.1) is 18.8 Å². The van der Waals surface area contributed by atoms with Crippen LogP contribution in [0.4, 0.5) is 0 Å². The zero-order valence-electron chi connectivity index (χ0n) is 14.8. The van der Waals surface area contributed by atoms with Gasteiger partial charge in [0.25, 0.3) is 0 Å². The summed E-state index contributed by atoms with van der Waals surface area (Å²) >= 11 is 1.77. The molecule has 3 heterocycles. The average molecular weight is 361 g/mol. The number of hydrogen-bond donors (Lipinski definition) is 2. The second kappa shape index (κ2) is 7.69. The molecule has 2 N–H and O–H groups in total. The molecule has 0 fully saturated rings. The van der Waals surface area contributed by atoms with Crippen LogP contribution < -0.4 is 10.6 Å².